The molecule has 0 aliphatic heterocycles. The van der Waals surface area contributed by atoms with Crippen molar-refractivity contribution in [3.05, 3.63) is 5.82 Å². The molecule has 0 amide bonds. The molecule has 0 spiro atoms. The Morgan fingerprint density at radius 3 is 2.88 bits per heavy atom. The normalized spacial score (nSPS) is 18.6. The number of aromatic nitrogens is 3. The largest absolute Gasteiger partial charge is 0.299 e. The number of aromatic amines is 1. The number of thioether (sulfide) groups is 1. The van der Waals surface area contributed by atoms with Crippen molar-refractivity contribution < 1.29 is 0 Å². The molecule has 6 heteroatoms. The van der Waals surface area contributed by atoms with Crippen LogP contribution in [0.25, 0.3) is 0 Å². The lowest BCUT2D eigenvalue weighted by molar-refractivity contribution is 0.416. The van der Waals surface area contributed by atoms with Gasteiger partial charge in [-0.1, -0.05) is 18.7 Å². The third-order valence-corrected chi connectivity index (χ3v) is 4.01. The van der Waals surface area contributed by atoms with E-state index < -0.39 is 5.54 Å². The van der Waals surface area contributed by atoms with Crippen LogP contribution in [0.2, 0.25) is 0 Å². The summed E-state index contributed by atoms with van der Waals surface area (Å²) in [5, 5.41) is 20.4. The zero-order valence-corrected chi connectivity index (χ0v) is 11.0. The summed E-state index contributed by atoms with van der Waals surface area (Å²) in [6, 6.07) is 2.46. The summed E-state index contributed by atoms with van der Waals surface area (Å²) in [4.78, 5) is 4.25. The van der Waals surface area contributed by atoms with E-state index in [2.05, 4.69) is 26.6 Å². The lowest BCUT2D eigenvalue weighted by atomic mass is 9.98. The van der Waals surface area contributed by atoms with E-state index in [1.165, 1.54) is 0 Å². The second-order valence-electron chi connectivity index (χ2n) is 4.38. The van der Waals surface area contributed by atoms with Gasteiger partial charge in [0, 0.05) is 5.75 Å². The van der Waals surface area contributed by atoms with Crippen LogP contribution >= 0.6 is 11.8 Å². The Hall–Kier alpha value is -1.06. The predicted octanol–water partition coefficient (Wildman–Crippen LogP) is 1.49. The molecular formula is C11H17N5S. The van der Waals surface area contributed by atoms with Gasteiger partial charge in [-0.15, -0.1) is 5.10 Å². The van der Waals surface area contributed by atoms with E-state index >= 15 is 0 Å². The summed E-state index contributed by atoms with van der Waals surface area (Å²) in [5.41, 5.74) is -0.409. The van der Waals surface area contributed by atoms with Crippen LogP contribution in [-0.4, -0.2) is 33.0 Å². The van der Waals surface area contributed by atoms with Crippen molar-refractivity contribution in [2.24, 2.45) is 5.92 Å². The Morgan fingerprint density at radius 2 is 2.41 bits per heavy atom. The van der Waals surface area contributed by atoms with Crippen LogP contribution in [0.1, 0.15) is 25.6 Å². The first-order chi connectivity index (χ1) is 8.20. The highest BCUT2D eigenvalue weighted by atomic mass is 32.2. The lowest BCUT2D eigenvalue weighted by Gasteiger charge is -2.26. The number of nitrogens with one attached hydrogen (secondary N) is 2. The molecule has 1 atom stereocenters. The Labute approximate surface area is 105 Å². The average Bonchev–Trinajstić information content (AvgIpc) is 3.09. The first-order valence-electron chi connectivity index (χ1n) is 5.88. The smallest absolute Gasteiger partial charge is 0.208 e. The molecule has 92 valence electrons. The zero-order valence-electron chi connectivity index (χ0n) is 10.2. The number of aryl methyl sites for hydroxylation is 1. The maximum Gasteiger partial charge on any atom is 0.208 e. The van der Waals surface area contributed by atoms with E-state index in [9.17, 15) is 5.26 Å². The number of rotatable bonds is 6. The summed E-state index contributed by atoms with van der Waals surface area (Å²) in [7, 11) is 0. The maximum atomic E-state index is 9.43. The van der Waals surface area contributed by atoms with E-state index in [0.717, 1.165) is 30.4 Å². The predicted molar refractivity (Wildman–Crippen MR) is 66.6 cm³/mol. The zero-order chi connectivity index (χ0) is 12.3. The molecule has 2 N–H and O–H groups in total. The number of nitriles is 1. The van der Waals surface area contributed by atoms with Crippen molar-refractivity contribution in [2.45, 2.75) is 37.4 Å². The monoisotopic (exact) mass is 251 g/mol. The average molecular weight is 251 g/mol. The van der Waals surface area contributed by atoms with Gasteiger partial charge in [0.25, 0.3) is 0 Å². The maximum absolute atomic E-state index is 9.43. The number of nitrogens with zero attached hydrogens (tertiary/aromatic N) is 3. The number of H-pyrrole nitrogens is 1. The molecule has 0 saturated heterocycles. The van der Waals surface area contributed by atoms with Crippen LogP contribution in [-0.2, 0) is 0 Å². The molecule has 1 aliphatic rings. The van der Waals surface area contributed by atoms with Crippen LogP contribution < -0.4 is 5.32 Å². The van der Waals surface area contributed by atoms with Crippen molar-refractivity contribution in [1.29, 1.82) is 5.26 Å². The van der Waals surface area contributed by atoms with Gasteiger partial charge in [0.1, 0.15) is 11.4 Å². The molecule has 1 saturated carbocycles. The molecule has 1 heterocycles. The van der Waals surface area contributed by atoms with Gasteiger partial charge in [0.05, 0.1) is 6.07 Å². The van der Waals surface area contributed by atoms with E-state index in [0.29, 0.717) is 11.7 Å². The van der Waals surface area contributed by atoms with Crippen LogP contribution in [0.15, 0.2) is 5.16 Å². The van der Waals surface area contributed by atoms with Crippen molar-refractivity contribution in [1.82, 2.24) is 20.5 Å². The molecule has 1 unspecified atom stereocenters. The van der Waals surface area contributed by atoms with Crippen molar-refractivity contribution in [3.8, 4) is 6.07 Å². The van der Waals surface area contributed by atoms with Crippen LogP contribution in [0.5, 0.6) is 0 Å². The molecule has 1 fully saturated rings. The minimum absolute atomic E-state index is 0.409. The lowest BCUT2D eigenvalue weighted by Crippen LogP contribution is -2.48. The SMILES string of the molecule is CCNC(C#N)(CSc1n[nH]c(C)n1)C1CC1. The molecule has 1 aromatic heterocycles. The minimum Gasteiger partial charge on any atom is -0.299 e. The summed E-state index contributed by atoms with van der Waals surface area (Å²) in [6.07, 6.45) is 2.29. The summed E-state index contributed by atoms with van der Waals surface area (Å²) >= 11 is 1.54. The molecule has 2 rings (SSSR count). The summed E-state index contributed by atoms with van der Waals surface area (Å²) < 4.78 is 0. The molecule has 1 aromatic rings. The fraction of sp³-hybridized carbons (Fsp3) is 0.727. The summed E-state index contributed by atoms with van der Waals surface area (Å²) in [5.74, 6) is 2.00. The Balaban J connectivity index is 2.00. The highest BCUT2D eigenvalue weighted by Gasteiger charge is 2.45. The van der Waals surface area contributed by atoms with Gasteiger partial charge in [0.15, 0.2) is 0 Å². The fourth-order valence-electron chi connectivity index (χ4n) is 1.93. The van der Waals surface area contributed by atoms with Crippen molar-refractivity contribution in [2.75, 3.05) is 12.3 Å². The minimum atomic E-state index is -0.409. The second-order valence-corrected chi connectivity index (χ2v) is 5.32. The van der Waals surface area contributed by atoms with E-state index in [1.807, 2.05) is 13.8 Å². The molecular weight excluding hydrogens is 234 g/mol. The first kappa shape index (κ1) is 12.4. The standard InChI is InChI=1S/C11H17N5S/c1-3-13-11(6-12,9-4-5-9)7-17-10-14-8(2)15-16-10/h9,13H,3-5,7H2,1-2H3,(H,14,15,16). The van der Waals surface area contributed by atoms with Crippen LogP contribution in [0.4, 0.5) is 0 Å². The van der Waals surface area contributed by atoms with Crippen LogP contribution in [0.3, 0.4) is 0 Å². The van der Waals surface area contributed by atoms with Gasteiger partial charge >= 0.3 is 0 Å². The summed E-state index contributed by atoms with van der Waals surface area (Å²) in [6.45, 7) is 4.73. The van der Waals surface area contributed by atoms with Gasteiger partial charge in [-0.2, -0.15) is 5.26 Å². The van der Waals surface area contributed by atoms with Gasteiger partial charge in [-0.05, 0) is 32.2 Å². The van der Waals surface area contributed by atoms with Crippen LogP contribution in [0, 0.1) is 24.2 Å². The first-order valence-corrected chi connectivity index (χ1v) is 6.87. The van der Waals surface area contributed by atoms with Crippen molar-refractivity contribution >= 4 is 11.8 Å². The molecule has 17 heavy (non-hydrogen) atoms. The highest BCUT2D eigenvalue weighted by molar-refractivity contribution is 7.99. The van der Waals surface area contributed by atoms with Gasteiger partial charge < -0.3 is 0 Å². The van der Waals surface area contributed by atoms with Gasteiger partial charge in [-0.3, -0.25) is 10.4 Å². The molecule has 0 bridgehead atoms. The van der Waals surface area contributed by atoms with Gasteiger partial charge in [-0.25, -0.2) is 4.98 Å². The van der Waals surface area contributed by atoms with Crippen molar-refractivity contribution in [3.63, 3.8) is 0 Å². The molecule has 0 aromatic carbocycles. The van der Waals surface area contributed by atoms with E-state index in [4.69, 9.17) is 0 Å². The Kier molecular flexibility index (Phi) is 3.69. The Morgan fingerprint density at radius 1 is 1.65 bits per heavy atom. The molecule has 0 radical (unpaired) electrons. The van der Waals surface area contributed by atoms with E-state index in [1.54, 1.807) is 11.8 Å². The highest BCUT2D eigenvalue weighted by Crippen LogP contribution is 2.41. The third-order valence-electron chi connectivity index (χ3n) is 2.97. The topological polar surface area (TPSA) is 77.4 Å². The number of hydrogen-bond donors (Lipinski definition) is 2. The molecule has 1 aliphatic carbocycles. The molecule has 5 nitrogen and oxygen atoms in total. The third kappa shape index (κ3) is 2.79. The van der Waals surface area contributed by atoms with Gasteiger partial charge in [0.2, 0.25) is 5.16 Å². The fourth-order valence-corrected chi connectivity index (χ4v) is 3.00. The second kappa shape index (κ2) is 5.07. The quantitative estimate of drug-likeness (QED) is 0.749. The Bertz CT molecular complexity index is 420. The number of hydrogen-bond acceptors (Lipinski definition) is 5. The van der Waals surface area contributed by atoms with E-state index in [-0.39, 0.29) is 0 Å².